The zero-order valence-corrected chi connectivity index (χ0v) is 25.3. The van der Waals surface area contributed by atoms with Crippen molar-refractivity contribution in [2.24, 2.45) is 17.3 Å². The van der Waals surface area contributed by atoms with Crippen molar-refractivity contribution < 1.29 is 19.8 Å². The molecule has 28 heavy (non-hydrogen) atoms. The number of carbonyl (C=O) groups is 2. The number of halogens is 4. The second-order valence-corrected chi connectivity index (χ2v) is 12.5. The quantitative estimate of drug-likeness (QED) is 0.175. The summed E-state index contributed by atoms with van der Waals surface area (Å²) >= 11 is 8.58. The molecule has 0 bridgehead atoms. The summed E-state index contributed by atoms with van der Waals surface area (Å²) in [5.74, 6) is -1.90. The Morgan fingerprint density at radius 2 is 1.39 bits per heavy atom. The molecule has 0 radical (unpaired) electrons. The van der Waals surface area contributed by atoms with Gasteiger partial charge in [-0.2, -0.15) is 0 Å². The molecule has 8 heteroatoms. The second-order valence-electron chi connectivity index (χ2n) is 7.53. The lowest BCUT2D eigenvalue weighted by Gasteiger charge is -2.53. The molecule has 0 aromatic heterocycles. The average Bonchev–Trinajstić information content (AvgIpc) is 2.62. The van der Waals surface area contributed by atoms with E-state index in [9.17, 15) is 19.8 Å². The summed E-state index contributed by atoms with van der Waals surface area (Å²) in [6, 6.07) is 0. The largest absolute Gasteiger partial charge is 0.481 e. The van der Waals surface area contributed by atoms with Gasteiger partial charge in [-0.15, -0.1) is 0 Å². The zero-order chi connectivity index (χ0) is 21.9. The number of aliphatic carboxylic acids is 2. The predicted molar refractivity (Wildman–Crippen MR) is 148 cm³/mol. The van der Waals surface area contributed by atoms with Crippen LogP contribution in [0.25, 0.3) is 0 Å². The maximum Gasteiger partial charge on any atom is 0.337 e. The number of unbranched alkanes of at least 4 members (excludes halogenated alkanes) is 2. The number of rotatable bonds is 10. The Labute approximate surface area is 222 Å². The fourth-order valence-corrected chi connectivity index (χ4v) is 10.6. The maximum atomic E-state index is 13.0. The van der Waals surface area contributed by atoms with Crippen molar-refractivity contribution in [1.82, 2.24) is 0 Å². The molecule has 0 fully saturated rings. The van der Waals surface area contributed by atoms with Gasteiger partial charge in [-0.25, -0.2) is 4.79 Å². The molecule has 1 rings (SSSR count). The van der Waals surface area contributed by atoms with Gasteiger partial charge < -0.3 is 10.2 Å². The van der Waals surface area contributed by atoms with Crippen LogP contribution < -0.4 is 0 Å². The monoisotopic (exact) mass is 840 g/mol. The molecule has 0 saturated carbocycles. The third kappa shape index (κ3) is 4.58. The highest BCUT2D eigenvalue weighted by molar-refractivity contribution is 14.1. The van der Waals surface area contributed by atoms with Gasteiger partial charge >= 0.3 is 11.9 Å². The van der Waals surface area contributed by atoms with Crippen molar-refractivity contribution >= 4 is 102 Å². The number of hydrogen-bond donors (Lipinski definition) is 2. The van der Waals surface area contributed by atoms with E-state index in [2.05, 4.69) is 88.5 Å². The van der Waals surface area contributed by atoms with Gasteiger partial charge in [-0.1, -0.05) is 76.0 Å². The SMILES string of the molecule is CCCCC(C)C1(I)C(I)=C(C(=O)O)C(I)=C(I)C1(C(=O)O)C(C)CCCC. The summed E-state index contributed by atoms with van der Waals surface area (Å²) in [4.78, 5) is 25.1. The van der Waals surface area contributed by atoms with Crippen LogP contribution in [0.15, 0.2) is 16.3 Å². The summed E-state index contributed by atoms with van der Waals surface area (Å²) in [6.45, 7) is 8.35. The predicted octanol–water partition coefficient (Wildman–Crippen LogP) is 7.75. The summed E-state index contributed by atoms with van der Waals surface area (Å²) in [7, 11) is 0. The third-order valence-corrected chi connectivity index (χ3v) is 14.2. The van der Waals surface area contributed by atoms with Gasteiger partial charge in [0.25, 0.3) is 0 Å². The molecule has 0 amide bonds. The number of hydrogen-bond acceptors (Lipinski definition) is 2. The Morgan fingerprint density at radius 3 is 1.79 bits per heavy atom. The molecule has 2 N–H and O–H groups in total. The molecule has 1 aliphatic carbocycles. The van der Waals surface area contributed by atoms with Crippen LogP contribution in [0.5, 0.6) is 0 Å². The van der Waals surface area contributed by atoms with Crippen molar-refractivity contribution in [2.45, 2.75) is 69.6 Å². The molecular formula is C20H28I4O4. The van der Waals surface area contributed by atoms with E-state index in [-0.39, 0.29) is 17.4 Å². The van der Waals surface area contributed by atoms with Crippen molar-refractivity contribution in [1.29, 1.82) is 0 Å². The van der Waals surface area contributed by atoms with Crippen LogP contribution in [0.1, 0.15) is 66.2 Å². The molecule has 0 aliphatic heterocycles. The van der Waals surface area contributed by atoms with E-state index in [1.165, 1.54) is 0 Å². The summed E-state index contributed by atoms with van der Waals surface area (Å²) < 4.78 is 1.09. The van der Waals surface area contributed by atoms with Crippen LogP contribution in [-0.4, -0.2) is 25.6 Å². The number of carboxylic acid groups (broad SMARTS) is 2. The average molecular weight is 840 g/mol. The van der Waals surface area contributed by atoms with Crippen molar-refractivity contribution in [2.75, 3.05) is 0 Å². The highest BCUT2D eigenvalue weighted by atomic mass is 127. The normalized spacial score (nSPS) is 27.7. The first-order valence-electron chi connectivity index (χ1n) is 9.57. The number of carboxylic acids is 2. The first kappa shape index (κ1) is 27.4. The standard InChI is InChI=1S/C20H28I4O4/c1-5-7-9-11(3)19(18(27)28)16(23)14(21)13(17(25)26)15(22)20(19,24)12(4)10-8-6-2/h11-12H,5-10H2,1-4H3,(H,25,26)(H,27,28). The van der Waals surface area contributed by atoms with E-state index < -0.39 is 20.8 Å². The highest BCUT2D eigenvalue weighted by Gasteiger charge is 2.66. The molecule has 4 unspecified atom stereocenters. The van der Waals surface area contributed by atoms with E-state index in [4.69, 9.17) is 0 Å². The minimum Gasteiger partial charge on any atom is -0.481 e. The number of alkyl halides is 1. The van der Waals surface area contributed by atoms with Crippen LogP contribution in [0.2, 0.25) is 0 Å². The molecule has 0 heterocycles. The number of allylic oxidation sites excluding steroid dienone is 1. The van der Waals surface area contributed by atoms with Crippen LogP contribution in [0, 0.1) is 17.3 Å². The minimum absolute atomic E-state index is 0.0312. The molecule has 0 spiro atoms. The first-order valence-corrected chi connectivity index (χ1v) is 13.9. The van der Waals surface area contributed by atoms with Crippen LogP contribution in [0.4, 0.5) is 0 Å². The van der Waals surface area contributed by atoms with E-state index in [0.29, 0.717) is 10.7 Å². The molecule has 4 nitrogen and oxygen atoms in total. The second kappa shape index (κ2) is 11.3. The summed E-state index contributed by atoms with van der Waals surface area (Å²) in [6.07, 6.45) is 5.66. The lowest BCUT2D eigenvalue weighted by molar-refractivity contribution is -0.151. The van der Waals surface area contributed by atoms with Crippen LogP contribution in [0.3, 0.4) is 0 Å². The molecular weight excluding hydrogens is 812 g/mol. The molecule has 0 aromatic rings. The molecule has 160 valence electrons. The molecule has 0 saturated heterocycles. The molecule has 1 aliphatic rings. The lowest BCUT2D eigenvalue weighted by Crippen LogP contribution is -2.59. The van der Waals surface area contributed by atoms with Gasteiger partial charge in [0.2, 0.25) is 0 Å². The minimum atomic E-state index is -1.14. The van der Waals surface area contributed by atoms with Crippen molar-refractivity contribution in [3.8, 4) is 0 Å². The fraction of sp³-hybridized carbons (Fsp3) is 0.700. The van der Waals surface area contributed by atoms with E-state index in [1.54, 1.807) is 0 Å². The van der Waals surface area contributed by atoms with Gasteiger partial charge in [0.05, 0.1) is 8.99 Å². The Morgan fingerprint density at radius 1 is 0.929 bits per heavy atom. The third-order valence-electron chi connectivity index (χ3n) is 5.82. The van der Waals surface area contributed by atoms with Gasteiger partial charge in [-0.3, -0.25) is 4.79 Å². The van der Waals surface area contributed by atoms with E-state index >= 15 is 0 Å². The van der Waals surface area contributed by atoms with Gasteiger partial charge in [-0.05, 0) is 92.5 Å². The van der Waals surface area contributed by atoms with E-state index in [1.807, 2.05) is 29.5 Å². The van der Waals surface area contributed by atoms with Gasteiger partial charge in [0.15, 0.2) is 0 Å². The van der Waals surface area contributed by atoms with Crippen molar-refractivity contribution in [3.05, 3.63) is 16.3 Å². The highest BCUT2D eigenvalue weighted by Crippen LogP contribution is 2.67. The van der Waals surface area contributed by atoms with Crippen molar-refractivity contribution in [3.63, 3.8) is 0 Å². The van der Waals surface area contributed by atoms with Crippen LogP contribution >= 0.6 is 90.4 Å². The first-order chi connectivity index (χ1) is 13.0. The summed E-state index contributed by atoms with van der Waals surface area (Å²) in [5.41, 5.74) is -0.870. The molecule has 4 atom stereocenters. The van der Waals surface area contributed by atoms with Gasteiger partial charge in [0.1, 0.15) is 5.41 Å². The maximum absolute atomic E-state index is 13.0. The lowest BCUT2D eigenvalue weighted by atomic mass is 9.59. The Kier molecular flexibility index (Phi) is 11.0. The topological polar surface area (TPSA) is 74.6 Å². The fourth-order valence-electron chi connectivity index (χ4n) is 4.16. The Hall–Kier alpha value is 1.34. The zero-order valence-electron chi connectivity index (χ0n) is 16.6. The Balaban J connectivity index is 3.91. The summed E-state index contributed by atoms with van der Waals surface area (Å²) in [5, 5.41) is 20.6. The molecule has 0 aromatic carbocycles. The van der Waals surface area contributed by atoms with Gasteiger partial charge in [0, 0.05) is 10.7 Å². The van der Waals surface area contributed by atoms with E-state index in [0.717, 1.165) is 38.5 Å². The van der Waals surface area contributed by atoms with Crippen LogP contribution in [-0.2, 0) is 9.59 Å². The smallest absolute Gasteiger partial charge is 0.337 e. The Bertz CT molecular complexity index is 688.